The van der Waals surface area contributed by atoms with Gasteiger partial charge in [0.1, 0.15) is 0 Å². The van der Waals surface area contributed by atoms with Crippen molar-refractivity contribution in [3.63, 3.8) is 0 Å². The summed E-state index contributed by atoms with van der Waals surface area (Å²) in [6.45, 7) is 2.56. The molecule has 1 heterocycles. The van der Waals surface area contributed by atoms with Gasteiger partial charge in [0.05, 0.1) is 27.1 Å². The second-order valence-electron chi connectivity index (χ2n) is 3.67. The maximum absolute atomic E-state index is 6.11. The summed E-state index contributed by atoms with van der Waals surface area (Å²) in [5.41, 5.74) is 1.82. The second-order valence-corrected chi connectivity index (χ2v) is 5.83. The highest BCUT2D eigenvalue weighted by molar-refractivity contribution is 9.09. The van der Waals surface area contributed by atoms with Gasteiger partial charge in [-0.25, -0.2) is 4.68 Å². The molecule has 0 aliphatic carbocycles. The highest BCUT2D eigenvalue weighted by Gasteiger charge is 2.09. The maximum Gasteiger partial charge on any atom is 0.0960 e. The summed E-state index contributed by atoms with van der Waals surface area (Å²) in [6, 6.07) is 5.56. The number of alkyl halides is 1. The Hall–Kier alpha value is -0.580. The first kappa shape index (κ1) is 12.9. The van der Waals surface area contributed by atoms with E-state index < -0.39 is 0 Å². The Morgan fingerprint density at radius 1 is 1.41 bits per heavy atom. The van der Waals surface area contributed by atoms with Gasteiger partial charge in [-0.1, -0.05) is 56.5 Å². The molecule has 0 aliphatic heterocycles. The highest BCUT2D eigenvalue weighted by Crippen LogP contribution is 2.26. The summed E-state index contributed by atoms with van der Waals surface area (Å²) in [4.78, 5) is 0.186. The van der Waals surface area contributed by atoms with Crippen LogP contribution in [0.15, 0.2) is 24.4 Å². The molecule has 90 valence electrons. The van der Waals surface area contributed by atoms with Crippen molar-refractivity contribution < 1.29 is 0 Å². The van der Waals surface area contributed by atoms with Gasteiger partial charge in [0, 0.05) is 6.20 Å². The zero-order chi connectivity index (χ0) is 12.4. The third-order valence-electron chi connectivity index (χ3n) is 2.33. The lowest BCUT2D eigenvalue weighted by atomic mass is 10.2. The molecule has 3 nitrogen and oxygen atoms in total. The summed E-state index contributed by atoms with van der Waals surface area (Å²) in [7, 11) is 0. The topological polar surface area (TPSA) is 30.7 Å². The van der Waals surface area contributed by atoms with E-state index in [-0.39, 0.29) is 4.83 Å². The third kappa shape index (κ3) is 3.00. The molecule has 1 unspecified atom stereocenters. The van der Waals surface area contributed by atoms with Crippen LogP contribution in [0.25, 0.3) is 0 Å². The van der Waals surface area contributed by atoms with Gasteiger partial charge >= 0.3 is 0 Å². The van der Waals surface area contributed by atoms with Crippen molar-refractivity contribution in [2.24, 2.45) is 0 Å². The van der Waals surface area contributed by atoms with E-state index in [1.807, 2.05) is 25.3 Å². The molecule has 0 fully saturated rings. The summed E-state index contributed by atoms with van der Waals surface area (Å²) in [5, 5.41) is 9.21. The average Bonchev–Trinajstić information content (AvgIpc) is 2.73. The number of hydrogen-bond donors (Lipinski definition) is 0. The molecule has 0 saturated heterocycles. The first-order chi connectivity index (χ1) is 8.08. The van der Waals surface area contributed by atoms with Crippen LogP contribution in [0.2, 0.25) is 10.0 Å². The zero-order valence-corrected chi connectivity index (χ0v) is 12.2. The predicted octanol–water partition coefficient (Wildman–Crippen LogP) is 4.09. The lowest BCUT2D eigenvalue weighted by Gasteiger charge is -2.04. The van der Waals surface area contributed by atoms with E-state index >= 15 is 0 Å². The molecule has 0 spiro atoms. The fraction of sp³-hybridized carbons (Fsp3) is 0.273. The largest absolute Gasteiger partial charge is 0.248 e. The van der Waals surface area contributed by atoms with Crippen LogP contribution in [-0.4, -0.2) is 15.0 Å². The smallest absolute Gasteiger partial charge is 0.0960 e. The number of benzene rings is 1. The normalized spacial score (nSPS) is 12.7. The van der Waals surface area contributed by atoms with E-state index in [9.17, 15) is 0 Å². The summed E-state index contributed by atoms with van der Waals surface area (Å²) in [5.74, 6) is 0. The van der Waals surface area contributed by atoms with Crippen LogP contribution in [0.3, 0.4) is 0 Å². The molecule has 1 aromatic heterocycles. The van der Waals surface area contributed by atoms with Gasteiger partial charge in [0.15, 0.2) is 0 Å². The van der Waals surface area contributed by atoms with Crippen molar-refractivity contribution in [1.82, 2.24) is 15.0 Å². The lowest BCUT2D eigenvalue weighted by Crippen LogP contribution is -2.01. The fourth-order valence-corrected chi connectivity index (χ4v) is 2.01. The minimum absolute atomic E-state index is 0.186. The quantitative estimate of drug-likeness (QED) is 0.791. The van der Waals surface area contributed by atoms with Crippen molar-refractivity contribution in [3.05, 3.63) is 45.7 Å². The highest BCUT2D eigenvalue weighted by atomic mass is 79.9. The van der Waals surface area contributed by atoms with Gasteiger partial charge in [-0.05, 0) is 18.6 Å². The van der Waals surface area contributed by atoms with Crippen LogP contribution in [0.1, 0.15) is 23.0 Å². The molecule has 2 aromatic rings. The number of halogens is 3. The van der Waals surface area contributed by atoms with Crippen molar-refractivity contribution in [3.8, 4) is 0 Å². The Morgan fingerprint density at radius 3 is 2.82 bits per heavy atom. The van der Waals surface area contributed by atoms with Crippen LogP contribution in [-0.2, 0) is 6.54 Å². The van der Waals surface area contributed by atoms with E-state index in [4.69, 9.17) is 23.2 Å². The Bertz CT molecular complexity index is 525. The first-order valence-electron chi connectivity index (χ1n) is 5.05. The van der Waals surface area contributed by atoms with Crippen LogP contribution < -0.4 is 0 Å². The zero-order valence-electron chi connectivity index (χ0n) is 9.07. The first-order valence-corrected chi connectivity index (χ1v) is 6.72. The summed E-state index contributed by atoms with van der Waals surface area (Å²) < 4.78 is 1.74. The van der Waals surface area contributed by atoms with Crippen molar-refractivity contribution in [2.75, 3.05) is 0 Å². The van der Waals surface area contributed by atoms with Gasteiger partial charge in [0.2, 0.25) is 0 Å². The molecule has 2 rings (SSSR count). The van der Waals surface area contributed by atoms with E-state index in [0.29, 0.717) is 16.6 Å². The number of aromatic nitrogens is 3. The van der Waals surface area contributed by atoms with E-state index in [2.05, 4.69) is 26.2 Å². The molecule has 1 atom stereocenters. The van der Waals surface area contributed by atoms with Crippen molar-refractivity contribution in [1.29, 1.82) is 0 Å². The van der Waals surface area contributed by atoms with Gasteiger partial charge < -0.3 is 0 Å². The van der Waals surface area contributed by atoms with Gasteiger partial charge in [-0.2, -0.15) is 0 Å². The van der Waals surface area contributed by atoms with Gasteiger partial charge in [0.25, 0.3) is 0 Å². The lowest BCUT2D eigenvalue weighted by molar-refractivity contribution is 0.649. The minimum atomic E-state index is 0.186. The molecule has 0 aliphatic rings. The minimum Gasteiger partial charge on any atom is -0.248 e. The van der Waals surface area contributed by atoms with Crippen LogP contribution in [0.4, 0.5) is 0 Å². The molecule has 0 bridgehead atoms. The maximum atomic E-state index is 6.11. The molecule has 0 N–H and O–H groups in total. The Kier molecular flexibility index (Phi) is 4.07. The summed E-state index contributed by atoms with van der Waals surface area (Å²) >= 11 is 15.5. The van der Waals surface area contributed by atoms with Crippen molar-refractivity contribution in [2.45, 2.75) is 18.3 Å². The molecule has 1 aromatic carbocycles. The molecule has 0 radical (unpaired) electrons. The molecule has 0 saturated carbocycles. The monoisotopic (exact) mass is 333 g/mol. The standard InChI is InChI=1S/C11H10BrCl2N3/c1-7(12)10-6-17(16-15-10)5-8-3-2-4-9(13)11(8)14/h2-4,6-7H,5H2,1H3. The number of rotatable bonds is 3. The average molecular weight is 335 g/mol. The predicted molar refractivity (Wildman–Crippen MR) is 72.9 cm³/mol. The SMILES string of the molecule is CC(Br)c1cn(Cc2cccc(Cl)c2Cl)nn1. The fourth-order valence-electron chi connectivity index (χ4n) is 1.42. The Morgan fingerprint density at radius 2 is 2.18 bits per heavy atom. The Labute approximate surface area is 118 Å². The molecular formula is C11H10BrCl2N3. The third-order valence-corrected chi connectivity index (χ3v) is 3.65. The van der Waals surface area contributed by atoms with E-state index in [1.54, 1.807) is 10.7 Å². The molecule has 6 heteroatoms. The van der Waals surface area contributed by atoms with Gasteiger partial charge in [-0.3, -0.25) is 0 Å². The number of hydrogen-bond acceptors (Lipinski definition) is 2. The Balaban J connectivity index is 2.22. The van der Waals surface area contributed by atoms with Crippen LogP contribution in [0, 0.1) is 0 Å². The molecule has 17 heavy (non-hydrogen) atoms. The summed E-state index contributed by atoms with van der Waals surface area (Å²) in [6.07, 6.45) is 1.89. The van der Waals surface area contributed by atoms with Gasteiger partial charge in [-0.15, -0.1) is 5.10 Å². The second kappa shape index (κ2) is 5.38. The van der Waals surface area contributed by atoms with Crippen molar-refractivity contribution >= 4 is 39.1 Å². The van der Waals surface area contributed by atoms with Crippen LogP contribution in [0.5, 0.6) is 0 Å². The van der Waals surface area contributed by atoms with Crippen LogP contribution >= 0.6 is 39.1 Å². The molecular weight excluding hydrogens is 325 g/mol. The number of nitrogens with zero attached hydrogens (tertiary/aromatic N) is 3. The van der Waals surface area contributed by atoms with E-state index in [1.165, 1.54) is 0 Å². The molecule has 0 amide bonds. The van der Waals surface area contributed by atoms with E-state index in [0.717, 1.165) is 11.3 Å².